The Bertz CT molecular complexity index is 6380. The molecule has 0 radical (unpaired) electrons. The van der Waals surface area contributed by atoms with E-state index in [2.05, 4.69) is 465 Å². The number of rotatable bonds is 14. The largest absolute Gasteiger partial charge is 0.310 e. The lowest BCUT2D eigenvalue weighted by Crippen LogP contribution is -2.16. The Balaban J connectivity index is 0.000000180. The Morgan fingerprint density at radius 1 is 0.195 bits per heavy atom. The molecule has 2 nitrogen and oxygen atoms in total. The predicted molar refractivity (Wildman–Crippen MR) is 554 cm³/mol. The van der Waals surface area contributed by atoms with Gasteiger partial charge in [0, 0.05) is 45.0 Å². The van der Waals surface area contributed by atoms with Crippen molar-refractivity contribution in [2.75, 3.05) is 9.80 Å². The van der Waals surface area contributed by atoms with Gasteiger partial charge in [-0.1, -0.05) is 397 Å². The van der Waals surface area contributed by atoms with E-state index in [4.69, 9.17) is 0 Å². The highest BCUT2D eigenvalue weighted by Crippen LogP contribution is 2.55. The van der Waals surface area contributed by atoms with Crippen molar-refractivity contribution in [3.05, 3.63) is 370 Å². The van der Waals surface area contributed by atoms with E-state index in [1.54, 1.807) is 0 Å². The van der Waals surface area contributed by atoms with Crippen LogP contribution < -0.4 is 9.80 Å². The lowest BCUT2D eigenvalue weighted by molar-refractivity contribution is 0.443. The van der Waals surface area contributed by atoms with Gasteiger partial charge >= 0.3 is 0 Å². The first-order valence-corrected chi connectivity index (χ1v) is 48.0. The van der Waals surface area contributed by atoms with E-state index in [0.717, 1.165) is 5.69 Å². The summed E-state index contributed by atoms with van der Waals surface area (Å²) < 4.78 is 0. The predicted octanol–water partition coefficient (Wildman–Crippen LogP) is 36.8. The first-order valence-electron chi connectivity index (χ1n) is 48.0. The maximum Gasteiger partial charge on any atom is 0.0467 e. The molecule has 0 spiro atoms. The topological polar surface area (TPSA) is 6.48 Å². The normalized spacial score (nSPS) is 15.2. The highest BCUT2D eigenvalue weighted by Gasteiger charge is 2.39. The average Bonchev–Trinajstić information content (AvgIpc) is 1.58. The number of nitrogens with zero attached hydrogens (tertiary/aromatic N) is 2. The fourth-order valence-electron chi connectivity index (χ4n) is 20.8. The molecule has 652 valence electrons. The molecule has 0 atom stereocenters. The van der Waals surface area contributed by atoms with Crippen LogP contribution in [0.25, 0.3) is 89.0 Å². The molecule has 0 aliphatic heterocycles. The average molecular weight is 1680 g/mol. The van der Waals surface area contributed by atoms with E-state index < -0.39 is 0 Å². The highest BCUT2D eigenvalue weighted by molar-refractivity contribution is 5.90. The molecule has 2 heteroatoms. The van der Waals surface area contributed by atoms with E-state index in [1.165, 1.54) is 248 Å². The summed E-state index contributed by atoms with van der Waals surface area (Å²) in [5.74, 6) is 1.29. The van der Waals surface area contributed by atoms with Crippen molar-refractivity contribution in [3.8, 4) is 89.0 Å². The molecular formula is C126H138N2. The Kier molecular flexibility index (Phi) is 23.8. The van der Waals surface area contributed by atoms with Gasteiger partial charge in [-0.25, -0.2) is 0 Å². The summed E-state index contributed by atoms with van der Waals surface area (Å²) >= 11 is 0. The molecule has 0 heterocycles. The molecule has 2 fully saturated rings. The maximum absolute atomic E-state index is 2.51. The standard InChI is InChI=1S/2C63H69N/c1-60(2,3)50-34-47(33-48(35-50)49-36-51(61(4,5)6)40-52(37-49)62(7,8)9)44-23-17-22-43(32-44)46-25-19-27-54(39-46)64(53-26-18-24-45(38-53)42-20-13-12-14-21-42)55-30-31-57-56-28-15-16-29-58(56)63(10,11)59(57)41-55;1-60(2,3)50-35-47(34-48(36-50)49-37-51(61(4,5)6)40-52(38-49)62(7,8)9)45-22-17-21-44(33-45)46-23-18-24-54(39-46)64(53-29-27-43(28-30-53)42-19-13-12-14-20-42)55-31-32-57-56-25-15-16-26-58(56)63(10,11)59(57)41-55/h15-19,22-42H,12-14,20-21H2,1-11H3;15-18,21-42H,12-14,19-20H2,1-11H3. The second kappa shape index (κ2) is 34.3. The number of hydrogen-bond donors (Lipinski definition) is 0. The number of fused-ring (bicyclic) bond motifs is 6. The van der Waals surface area contributed by atoms with Gasteiger partial charge in [0.25, 0.3) is 0 Å². The lowest BCUT2D eigenvalue weighted by Gasteiger charge is -2.30. The van der Waals surface area contributed by atoms with Crippen molar-refractivity contribution in [2.24, 2.45) is 0 Å². The van der Waals surface area contributed by atoms with Gasteiger partial charge < -0.3 is 9.80 Å². The van der Waals surface area contributed by atoms with Crippen LogP contribution in [0.3, 0.4) is 0 Å². The summed E-state index contributed by atoms with van der Waals surface area (Å²) in [6, 6.07) is 117. The fraction of sp³-hybridized carbons (Fsp3) is 0.333. The monoisotopic (exact) mass is 1680 g/mol. The molecule has 0 unspecified atom stereocenters. The Morgan fingerprint density at radius 2 is 0.453 bits per heavy atom. The molecule has 0 bridgehead atoms. The SMILES string of the molecule is CC(C)(C)c1cc(-c2cccc(-c3cccc(N(c4ccc(C5CCCCC5)cc4)c4ccc5c(c4)C(C)(C)c4ccccc4-5)c3)c2)cc(-c2cc(C(C)(C)C)cc(C(C)(C)C)c2)c1.CC(C)(C)c1cc(-c2cccc(-c3cccc(N(c4cccc(C5CCCCC5)c4)c4ccc5c(c4)C(C)(C)c4ccccc4-5)c3)c2)cc(-c2cc(C(C)(C)C)cc(C(C)(C)C)c2)c1. The maximum atomic E-state index is 2.51. The third-order valence-corrected chi connectivity index (χ3v) is 28.9. The summed E-state index contributed by atoms with van der Waals surface area (Å²) in [5.41, 5.74) is 44.2. The third kappa shape index (κ3) is 18.3. The van der Waals surface area contributed by atoms with Crippen LogP contribution in [0.2, 0.25) is 0 Å². The number of hydrogen-bond acceptors (Lipinski definition) is 2. The van der Waals surface area contributed by atoms with Gasteiger partial charge in [0.05, 0.1) is 0 Å². The third-order valence-electron chi connectivity index (χ3n) is 28.9. The summed E-state index contributed by atoms with van der Waals surface area (Å²) in [5, 5.41) is 0. The zero-order valence-electron chi connectivity index (χ0n) is 81.0. The second-order valence-electron chi connectivity index (χ2n) is 45.3. The Morgan fingerprint density at radius 3 is 0.820 bits per heavy atom. The van der Waals surface area contributed by atoms with Crippen molar-refractivity contribution < 1.29 is 0 Å². The first kappa shape index (κ1) is 88.7. The first-order chi connectivity index (χ1) is 60.7. The minimum Gasteiger partial charge on any atom is -0.310 e. The molecule has 4 aliphatic carbocycles. The van der Waals surface area contributed by atoms with Gasteiger partial charge in [0.1, 0.15) is 0 Å². The summed E-state index contributed by atoms with van der Waals surface area (Å²) in [7, 11) is 0. The van der Waals surface area contributed by atoms with Crippen molar-refractivity contribution in [3.63, 3.8) is 0 Å². The Labute approximate surface area is 769 Å². The smallest absolute Gasteiger partial charge is 0.0467 e. The number of benzene rings is 14. The number of anilines is 6. The van der Waals surface area contributed by atoms with Gasteiger partial charge in [0.2, 0.25) is 0 Å². The zero-order chi connectivity index (χ0) is 90.4. The van der Waals surface area contributed by atoms with Crippen LogP contribution in [0.15, 0.2) is 303 Å². The van der Waals surface area contributed by atoms with Crippen molar-refractivity contribution in [1.82, 2.24) is 0 Å². The van der Waals surface area contributed by atoms with Crippen LogP contribution in [0.4, 0.5) is 34.1 Å². The van der Waals surface area contributed by atoms with Gasteiger partial charge in [-0.05, 0) is 323 Å². The van der Waals surface area contributed by atoms with Crippen LogP contribution >= 0.6 is 0 Å². The van der Waals surface area contributed by atoms with Crippen LogP contribution in [0, 0.1) is 0 Å². The van der Waals surface area contributed by atoms with Gasteiger partial charge in [0.15, 0.2) is 0 Å². The van der Waals surface area contributed by atoms with E-state index in [-0.39, 0.29) is 43.3 Å². The van der Waals surface area contributed by atoms with Gasteiger partial charge in [-0.3, -0.25) is 0 Å². The van der Waals surface area contributed by atoms with E-state index in [9.17, 15) is 0 Å². The molecule has 2 saturated carbocycles. The lowest BCUT2D eigenvalue weighted by atomic mass is 9.78. The molecule has 4 aliphatic rings. The van der Waals surface area contributed by atoms with Crippen molar-refractivity contribution in [1.29, 1.82) is 0 Å². The van der Waals surface area contributed by atoms with Crippen LogP contribution in [0.1, 0.15) is 295 Å². The molecule has 0 N–H and O–H groups in total. The molecule has 14 aromatic rings. The van der Waals surface area contributed by atoms with Crippen LogP contribution in [-0.4, -0.2) is 0 Å². The highest BCUT2D eigenvalue weighted by atomic mass is 15.1. The summed E-state index contributed by atoms with van der Waals surface area (Å²) in [4.78, 5) is 4.99. The molecule has 128 heavy (non-hydrogen) atoms. The Hall–Kier alpha value is -11.3. The van der Waals surface area contributed by atoms with Gasteiger partial charge in [-0.2, -0.15) is 0 Å². The van der Waals surface area contributed by atoms with Crippen LogP contribution in [0.5, 0.6) is 0 Å². The zero-order valence-corrected chi connectivity index (χ0v) is 81.0. The molecule has 14 aromatic carbocycles. The van der Waals surface area contributed by atoms with E-state index in [0.29, 0.717) is 11.8 Å². The van der Waals surface area contributed by atoms with Gasteiger partial charge in [-0.15, -0.1) is 0 Å². The molecule has 0 saturated heterocycles. The summed E-state index contributed by atoms with van der Waals surface area (Å²) in [6.45, 7) is 51.5. The molecular weight excluding hydrogens is 1540 g/mol. The van der Waals surface area contributed by atoms with Crippen LogP contribution in [-0.2, 0) is 43.3 Å². The molecule has 0 amide bonds. The second-order valence-corrected chi connectivity index (χ2v) is 45.3. The van der Waals surface area contributed by atoms with E-state index in [1.807, 2.05) is 0 Å². The molecule has 0 aromatic heterocycles. The fourth-order valence-corrected chi connectivity index (χ4v) is 20.8. The molecule has 18 rings (SSSR count). The van der Waals surface area contributed by atoms with Crippen molar-refractivity contribution in [2.45, 2.75) is 272 Å². The minimum atomic E-state index is -0.0890. The minimum absolute atomic E-state index is 0.0151. The quantitative estimate of drug-likeness (QED) is 0.107. The van der Waals surface area contributed by atoms with Crippen molar-refractivity contribution >= 4 is 34.1 Å². The van der Waals surface area contributed by atoms with E-state index >= 15 is 0 Å². The summed E-state index contributed by atoms with van der Waals surface area (Å²) in [6.07, 6.45) is 13.2.